The Balaban J connectivity index is 0.00000200. The van der Waals surface area contributed by atoms with Gasteiger partial charge in [-0.1, -0.05) is 0 Å². The SMILES string of the molecule is Cl.Oc1ccc(OC[C@@H]2CCCN(CC(F)F)C2)cc1. The zero-order valence-electron chi connectivity index (χ0n) is 11.2. The van der Waals surface area contributed by atoms with Gasteiger partial charge < -0.3 is 9.84 Å². The van der Waals surface area contributed by atoms with Gasteiger partial charge in [0.15, 0.2) is 0 Å². The van der Waals surface area contributed by atoms with Crippen LogP contribution in [0.3, 0.4) is 0 Å². The molecular weight excluding hydrogens is 288 g/mol. The first kappa shape index (κ1) is 17.0. The van der Waals surface area contributed by atoms with Crippen molar-refractivity contribution in [1.82, 2.24) is 4.90 Å². The van der Waals surface area contributed by atoms with Crippen molar-refractivity contribution in [1.29, 1.82) is 0 Å². The number of phenols is 1. The molecule has 3 nitrogen and oxygen atoms in total. The van der Waals surface area contributed by atoms with Crippen LogP contribution in [0.1, 0.15) is 12.8 Å². The summed E-state index contributed by atoms with van der Waals surface area (Å²) in [5.74, 6) is 1.19. The molecule has 0 amide bonds. The highest BCUT2D eigenvalue weighted by molar-refractivity contribution is 5.85. The number of ether oxygens (including phenoxy) is 1. The van der Waals surface area contributed by atoms with E-state index in [1.165, 1.54) is 0 Å². The Hall–Kier alpha value is -1.07. The molecule has 0 radical (unpaired) electrons. The van der Waals surface area contributed by atoms with E-state index >= 15 is 0 Å². The van der Waals surface area contributed by atoms with E-state index < -0.39 is 6.43 Å². The van der Waals surface area contributed by atoms with Gasteiger partial charge in [0.1, 0.15) is 11.5 Å². The van der Waals surface area contributed by atoms with Gasteiger partial charge in [-0.05, 0) is 43.7 Å². The fourth-order valence-corrected chi connectivity index (χ4v) is 2.40. The molecule has 1 fully saturated rings. The molecule has 1 aliphatic heterocycles. The lowest BCUT2D eigenvalue weighted by Gasteiger charge is -2.32. The number of benzene rings is 1. The number of aromatic hydroxyl groups is 1. The van der Waals surface area contributed by atoms with Crippen molar-refractivity contribution in [3.8, 4) is 11.5 Å². The summed E-state index contributed by atoms with van der Waals surface area (Å²) >= 11 is 0. The summed E-state index contributed by atoms with van der Waals surface area (Å²) in [5, 5.41) is 9.16. The fraction of sp³-hybridized carbons (Fsp3) is 0.571. The molecule has 1 heterocycles. The molecule has 0 spiro atoms. The van der Waals surface area contributed by atoms with E-state index in [-0.39, 0.29) is 24.7 Å². The molecule has 1 aliphatic rings. The van der Waals surface area contributed by atoms with Crippen LogP contribution in [-0.2, 0) is 0 Å². The molecular formula is C14H20ClF2NO2. The lowest BCUT2D eigenvalue weighted by molar-refractivity contribution is 0.0552. The van der Waals surface area contributed by atoms with E-state index in [4.69, 9.17) is 9.84 Å². The van der Waals surface area contributed by atoms with Crippen molar-refractivity contribution >= 4 is 12.4 Å². The highest BCUT2D eigenvalue weighted by atomic mass is 35.5. The number of likely N-dealkylation sites (tertiary alicyclic amines) is 1. The van der Waals surface area contributed by atoms with Crippen LogP contribution in [0.5, 0.6) is 11.5 Å². The van der Waals surface area contributed by atoms with Gasteiger partial charge in [-0.25, -0.2) is 8.78 Å². The first-order valence-corrected chi connectivity index (χ1v) is 6.56. The van der Waals surface area contributed by atoms with E-state index in [1.807, 2.05) is 0 Å². The Kier molecular flexibility index (Phi) is 7.02. The van der Waals surface area contributed by atoms with Gasteiger partial charge in [-0.3, -0.25) is 4.90 Å². The molecule has 0 bridgehead atoms. The number of nitrogens with zero attached hydrogens (tertiary/aromatic N) is 1. The molecule has 6 heteroatoms. The number of hydrogen-bond donors (Lipinski definition) is 1. The van der Waals surface area contributed by atoms with Crippen molar-refractivity contribution in [3.63, 3.8) is 0 Å². The maximum absolute atomic E-state index is 12.3. The second kappa shape index (κ2) is 8.27. The van der Waals surface area contributed by atoms with Crippen LogP contribution in [0.15, 0.2) is 24.3 Å². The number of phenolic OH excluding ortho intramolecular Hbond substituents is 1. The molecule has 0 saturated carbocycles. The molecule has 1 N–H and O–H groups in total. The third-order valence-electron chi connectivity index (χ3n) is 3.32. The minimum atomic E-state index is -2.27. The monoisotopic (exact) mass is 307 g/mol. The fourth-order valence-electron chi connectivity index (χ4n) is 2.40. The summed E-state index contributed by atoms with van der Waals surface area (Å²) in [6, 6.07) is 6.54. The molecule has 0 unspecified atom stereocenters. The Morgan fingerprint density at radius 2 is 2.00 bits per heavy atom. The van der Waals surface area contributed by atoms with Crippen molar-refractivity contribution in [2.75, 3.05) is 26.2 Å². The van der Waals surface area contributed by atoms with Gasteiger partial charge in [0, 0.05) is 12.5 Å². The molecule has 1 atom stereocenters. The Bertz CT molecular complexity index is 389. The number of rotatable bonds is 5. The normalized spacial score (nSPS) is 19.6. The van der Waals surface area contributed by atoms with Crippen molar-refractivity contribution in [2.45, 2.75) is 19.3 Å². The van der Waals surface area contributed by atoms with Crippen LogP contribution < -0.4 is 4.74 Å². The summed E-state index contributed by atoms with van der Waals surface area (Å²) in [7, 11) is 0. The van der Waals surface area contributed by atoms with E-state index in [0.29, 0.717) is 24.8 Å². The number of piperidine rings is 1. The molecule has 0 aromatic heterocycles. The minimum Gasteiger partial charge on any atom is -0.508 e. The highest BCUT2D eigenvalue weighted by Gasteiger charge is 2.22. The van der Waals surface area contributed by atoms with Gasteiger partial charge in [0.25, 0.3) is 6.43 Å². The van der Waals surface area contributed by atoms with Crippen molar-refractivity contribution in [3.05, 3.63) is 24.3 Å². The smallest absolute Gasteiger partial charge is 0.251 e. The molecule has 0 aliphatic carbocycles. The van der Waals surface area contributed by atoms with Crippen LogP contribution in [-0.4, -0.2) is 42.7 Å². The Morgan fingerprint density at radius 3 is 2.65 bits per heavy atom. The van der Waals surface area contributed by atoms with Gasteiger partial charge in [0.2, 0.25) is 0 Å². The third kappa shape index (κ3) is 5.51. The number of alkyl halides is 2. The molecule has 114 valence electrons. The quantitative estimate of drug-likeness (QED) is 0.907. The van der Waals surface area contributed by atoms with Crippen LogP contribution in [0, 0.1) is 5.92 Å². The predicted molar refractivity (Wildman–Crippen MR) is 76.0 cm³/mol. The van der Waals surface area contributed by atoms with Gasteiger partial charge in [-0.15, -0.1) is 12.4 Å². The van der Waals surface area contributed by atoms with Crippen molar-refractivity contribution < 1.29 is 18.6 Å². The first-order chi connectivity index (χ1) is 9.13. The first-order valence-electron chi connectivity index (χ1n) is 6.56. The van der Waals surface area contributed by atoms with Crippen molar-refractivity contribution in [2.24, 2.45) is 5.92 Å². The summed E-state index contributed by atoms with van der Waals surface area (Å²) in [6.45, 7) is 1.81. The second-order valence-corrected chi connectivity index (χ2v) is 4.96. The average Bonchev–Trinajstić information content (AvgIpc) is 2.38. The van der Waals surface area contributed by atoms with Crippen LogP contribution >= 0.6 is 12.4 Å². The van der Waals surface area contributed by atoms with E-state index in [9.17, 15) is 8.78 Å². The molecule has 1 aromatic rings. The number of hydrogen-bond acceptors (Lipinski definition) is 3. The third-order valence-corrected chi connectivity index (χ3v) is 3.32. The summed E-state index contributed by atoms with van der Waals surface area (Å²) in [5.41, 5.74) is 0. The van der Waals surface area contributed by atoms with Crippen LogP contribution in [0.25, 0.3) is 0 Å². The zero-order chi connectivity index (χ0) is 13.7. The summed E-state index contributed by atoms with van der Waals surface area (Å²) in [4.78, 5) is 1.80. The van der Waals surface area contributed by atoms with Gasteiger partial charge in [-0.2, -0.15) is 0 Å². The second-order valence-electron chi connectivity index (χ2n) is 4.96. The molecule has 20 heavy (non-hydrogen) atoms. The maximum Gasteiger partial charge on any atom is 0.251 e. The van der Waals surface area contributed by atoms with E-state index in [0.717, 1.165) is 19.4 Å². The van der Waals surface area contributed by atoms with Gasteiger partial charge >= 0.3 is 0 Å². The largest absolute Gasteiger partial charge is 0.508 e. The highest BCUT2D eigenvalue weighted by Crippen LogP contribution is 2.20. The molecule has 1 saturated heterocycles. The van der Waals surface area contributed by atoms with E-state index in [2.05, 4.69) is 0 Å². The lowest BCUT2D eigenvalue weighted by Crippen LogP contribution is -2.40. The summed E-state index contributed by atoms with van der Waals surface area (Å²) in [6.07, 6.45) is -0.314. The summed E-state index contributed by atoms with van der Waals surface area (Å²) < 4.78 is 30.3. The van der Waals surface area contributed by atoms with Crippen LogP contribution in [0.2, 0.25) is 0 Å². The Labute approximate surface area is 123 Å². The minimum absolute atomic E-state index is 0. The lowest BCUT2D eigenvalue weighted by atomic mass is 9.99. The zero-order valence-corrected chi connectivity index (χ0v) is 12.0. The van der Waals surface area contributed by atoms with Gasteiger partial charge in [0.05, 0.1) is 13.2 Å². The standard InChI is InChI=1S/C14H19F2NO2.ClH/c15-14(16)9-17-7-1-2-11(8-17)10-19-13-5-3-12(18)4-6-13;/h3-6,11,14,18H,1-2,7-10H2;1H/t11-;/m1./s1. The Morgan fingerprint density at radius 1 is 1.30 bits per heavy atom. The number of halogens is 3. The molecule has 2 rings (SSSR count). The average molecular weight is 308 g/mol. The topological polar surface area (TPSA) is 32.7 Å². The predicted octanol–water partition coefficient (Wildman–Crippen LogP) is 3.17. The molecule has 1 aromatic carbocycles. The van der Waals surface area contributed by atoms with E-state index in [1.54, 1.807) is 29.2 Å². The maximum atomic E-state index is 12.3. The van der Waals surface area contributed by atoms with Crippen LogP contribution in [0.4, 0.5) is 8.78 Å².